The molecule has 0 saturated carbocycles. The van der Waals surface area contributed by atoms with E-state index in [1.54, 1.807) is 48.5 Å². The van der Waals surface area contributed by atoms with Crippen LogP contribution in [-0.4, -0.2) is 124 Å². The highest BCUT2D eigenvalue weighted by Crippen LogP contribution is 2.40. The summed E-state index contributed by atoms with van der Waals surface area (Å²) in [6.45, 7) is 15.0. The second kappa shape index (κ2) is 26.4. The van der Waals surface area contributed by atoms with Gasteiger partial charge in [-0.05, 0) is 122 Å². The molecule has 0 aliphatic carbocycles. The van der Waals surface area contributed by atoms with Crippen molar-refractivity contribution in [2.75, 3.05) is 95.2 Å². The number of piperazine rings is 2. The molecule has 14 nitrogen and oxygen atoms in total. The second-order valence-electron chi connectivity index (χ2n) is 19.9. The van der Waals surface area contributed by atoms with E-state index in [0.717, 1.165) is 77.1 Å². The minimum absolute atomic E-state index is 0.0755. The molecule has 0 radical (unpaired) electrons. The Labute approximate surface area is 481 Å². The Hall–Kier alpha value is -6.20. The molecule has 0 bridgehead atoms. The lowest BCUT2D eigenvalue weighted by Crippen LogP contribution is -2.49. The van der Waals surface area contributed by atoms with Gasteiger partial charge >= 0.3 is 0 Å². The van der Waals surface area contributed by atoms with Crippen molar-refractivity contribution in [2.24, 2.45) is 0 Å². The van der Waals surface area contributed by atoms with Gasteiger partial charge in [0.05, 0.1) is 36.1 Å². The van der Waals surface area contributed by atoms with Crippen LogP contribution in [0.1, 0.15) is 36.1 Å². The van der Waals surface area contributed by atoms with Crippen LogP contribution in [0.25, 0.3) is 0 Å². The van der Waals surface area contributed by atoms with Crippen molar-refractivity contribution in [1.29, 1.82) is 0 Å². The number of amides is 2. The lowest BCUT2D eigenvalue weighted by atomic mass is 10.1. The van der Waals surface area contributed by atoms with Crippen molar-refractivity contribution in [3.63, 3.8) is 0 Å². The lowest BCUT2D eigenvalue weighted by molar-refractivity contribution is -0.164. The molecular formula is C61H64Cl4N4O10. The van der Waals surface area contributed by atoms with E-state index < -0.39 is 11.6 Å². The Bertz CT molecular complexity index is 3050. The van der Waals surface area contributed by atoms with E-state index in [1.807, 2.05) is 115 Å². The van der Waals surface area contributed by atoms with E-state index in [9.17, 15) is 14.7 Å². The maximum atomic E-state index is 12.9. The maximum absolute atomic E-state index is 12.9. The zero-order chi connectivity index (χ0) is 55.5. The molecule has 416 valence electrons. The van der Waals surface area contributed by atoms with E-state index in [-0.39, 0.29) is 29.8 Å². The normalized spacial score (nSPS) is 21.0. The van der Waals surface area contributed by atoms with Gasteiger partial charge in [0, 0.05) is 84.9 Å². The molecule has 1 N–H and O–H groups in total. The van der Waals surface area contributed by atoms with Gasteiger partial charge in [-0.1, -0.05) is 95.5 Å². The van der Waals surface area contributed by atoms with Gasteiger partial charge in [0.15, 0.2) is 11.6 Å². The van der Waals surface area contributed by atoms with Crippen LogP contribution in [0.5, 0.6) is 23.0 Å². The molecule has 6 aromatic rings. The van der Waals surface area contributed by atoms with Gasteiger partial charge in [0.2, 0.25) is 11.8 Å². The molecule has 6 aromatic carbocycles. The Morgan fingerprint density at radius 1 is 0.570 bits per heavy atom. The molecule has 4 aliphatic heterocycles. The Morgan fingerprint density at radius 3 is 1.44 bits per heavy atom. The van der Waals surface area contributed by atoms with Crippen LogP contribution in [0.3, 0.4) is 0 Å². The van der Waals surface area contributed by atoms with Gasteiger partial charge in [0.25, 0.3) is 0 Å². The third-order valence-corrected chi connectivity index (χ3v) is 15.2. The van der Waals surface area contributed by atoms with Crippen LogP contribution in [-0.2, 0) is 53.0 Å². The molecule has 79 heavy (non-hydrogen) atoms. The van der Waals surface area contributed by atoms with Crippen LogP contribution < -0.4 is 24.0 Å². The zero-order valence-electron chi connectivity index (χ0n) is 44.2. The molecule has 4 saturated heterocycles. The van der Waals surface area contributed by atoms with Crippen LogP contribution in [0.15, 0.2) is 146 Å². The number of carbonyl (C=O) groups is 2. The third-order valence-electron chi connectivity index (χ3n) is 14.1. The van der Waals surface area contributed by atoms with Crippen LogP contribution in [0.4, 0.5) is 11.4 Å². The molecule has 0 spiro atoms. The number of benzene rings is 6. The lowest BCUT2D eigenvalue weighted by Gasteiger charge is -2.36. The number of aromatic hydroxyl groups is 1. The Balaban J connectivity index is 0.000000192. The molecular weight excluding hydrogens is 1090 g/mol. The minimum atomic E-state index is -0.952. The van der Waals surface area contributed by atoms with E-state index in [0.29, 0.717) is 92.1 Å². The predicted molar refractivity (Wildman–Crippen MR) is 308 cm³/mol. The summed E-state index contributed by atoms with van der Waals surface area (Å²) in [6.07, 6.45) is 1.88. The quantitative estimate of drug-likeness (QED) is 0.0872. The molecule has 2 amide bonds. The fraction of sp³-hybridized carbons (Fsp3) is 0.344. The number of nitrogens with zero attached hydrogens (tertiary/aromatic N) is 4. The van der Waals surface area contributed by atoms with Gasteiger partial charge < -0.3 is 57.9 Å². The fourth-order valence-electron chi connectivity index (χ4n) is 9.89. The molecule has 4 aliphatic rings. The number of halogens is 4. The van der Waals surface area contributed by atoms with E-state index in [2.05, 4.69) is 16.4 Å². The summed E-state index contributed by atoms with van der Waals surface area (Å²) >= 11 is 24.8. The number of hydrogen-bond acceptors (Lipinski definition) is 12. The SMILES string of the molecule is C=CCOc1cccc(CC(=O)N2CCN(c3ccc(OC[C@@H]4CO[C@](C)(c5ccc(Cl)cc5Cl)O4)cc3)CC2)c1.C[C@]1(c2ccc(Cl)cc2Cl)OC[C@@H](COc2ccc(N3CCN(C(=O)Cc4cccc(O)c4)CC3)cc2)O1. The van der Waals surface area contributed by atoms with Crippen molar-refractivity contribution in [1.82, 2.24) is 9.80 Å². The van der Waals surface area contributed by atoms with Crippen LogP contribution >= 0.6 is 46.4 Å². The third kappa shape index (κ3) is 15.2. The second-order valence-corrected chi connectivity index (χ2v) is 21.5. The van der Waals surface area contributed by atoms with E-state index >= 15 is 0 Å². The monoisotopic (exact) mass is 1150 g/mol. The number of carbonyl (C=O) groups excluding carboxylic acids is 2. The topological polar surface area (TPSA) is 132 Å². The molecule has 4 atom stereocenters. The fourth-order valence-corrected chi connectivity index (χ4v) is 11.1. The summed E-state index contributed by atoms with van der Waals surface area (Å²) in [5, 5.41) is 11.7. The van der Waals surface area contributed by atoms with Crippen molar-refractivity contribution in [3.05, 3.63) is 188 Å². The van der Waals surface area contributed by atoms with Crippen molar-refractivity contribution >= 4 is 69.6 Å². The van der Waals surface area contributed by atoms with Gasteiger partial charge in [-0.15, -0.1) is 0 Å². The smallest absolute Gasteiger partial charge is 0.227 e. The standard InChI is InChI=1S/C32H34Cl2N2O5.C29H30Cl2N2O5/c1-3-17-38-27-6-4-5-23(18-27)19-31(37)36-15-13-35(14-16-36)25-8-10-26(11-9-25)39-21-28-22-40-32(2,41-28)29-12-7-24(33)20-30(29)34;1-29(26-10-5-21(30)17-27(26)31)37-19-25(38-29)18-36-24-8-6-22(7-9-24)32-11-13-33(14-12-32)28(35)16-20-3-2-4-23(34)15-20/h3-12,18,20,28H,1,13-17,19,21-22H2,2H3;2-10,15,17,25,34H,11-14,16,18-19H2,1H3/t28-,32+;25-,29+/m11/s1. The summed E-state index contributed by atoms with van der Waals surface area (Å²) in [5.41, 5.74) is 5.42. The minimum Gasteiger partial charge on any atom is -0.508 e. The summed E-state index contributed by atoms with van der Waals surface area (Å²) in [6, 6.07) is 41.0. The predicted octanol–water partition coefficient (Wildman–Crippen LogP) is 11.4. The highest BCUT2D eigenvalue weighted by molar-refractivity contribution is 6.35. The van der Waals surface area contributed by atoms with Gasteiger partial charge in [-0.25, -0.2) is 0 Å². The molecule has 0 aromatic heterocycles. The van der Waals surface area contributed by atoms with Crippen molar-refractivity contribution in [3.8, 4) is 23.0 Å². The molecule has 4 heterocycles. The van der Waals surface area contributed by atoms with Gasteiger partial charge in [0.1, 0.15) is 55.0 Å². The first kappa shape index (κ1) is 57.5. The van der Waals surface area contributed by atoms with Crippen molar-refractivity contribution in [2.45, 2.75) is 50.5 Å². The Kier molecular flexibility index (Phi) is 19.2. The summed E-state index contributed by atoms with van der Waals surface area (Å²) in [4.78, 5) is 33.9. The highest BCUT2D eigenvalue weighted by Gasteiger charge is 2.42. The average molecular weight is 1160 g/mol. The maximum Gasteiger partial charge on any atom is 0.227 e. The van der Waals surface area contributed by atoms with Gasteiger partial charge in [-0.3, -0.25) is 9.59 Å². The van der Waals surface area contributed by atoms with Crippen molar-refractivity contribution < 1.29 is 47.9 Å². The summed E-state index contributed by atoms with van der Waals surface area (Å²) in [5.74, 6) is 0.724. The first-order valence-electron chi connectivity index (χ1n) is 26.3. The molecule has 10 rings (SSSR count). The highest BCUT2D eigenvalue weighted by atomic mass is 35.5. The first-order valence-corrected chi connectivity index (χ1v) is 27.8. The number of phenols is 1. The number of rotatable bonds is 17. The van der Waals surface area contributed by atoms with E-state index in [1.165, 1.54) is 0 Å². The van der Waals surface area contributed by atoms with Gasteiger partial charge in [-0.2, -0.15) is 0 Å². The first-order chi connectivity index (χ1) is 38.1. The summed E-state index contributed by atoms with van der Waals surface area (Å²) in [7, 11) is 0. The zero-order valence-corrected chi connectivity index (χ0v) is 47.2. The molecule has 18 heteroatoms. The summed E-state index contributed by atoms with van der Waals surface area (Å²) < 4.78 is 41.8. The largest absolute Gasteiger partial charge is 0.508 e. The Morgan fingerprint density at radius 2 is 1.01 bits per heavy atom. The van der Waals surface area contributed by atoms with Crippen LogP contribution in [0, 0.1) is 0 Å². The molecule has 0 unspecified atom stereocenters. The van der Waals surface area contributed by atoms with E-state index in [4.69, 9.17) is 79.6 Å². The number of anilines is 2. The molecule has 4 fully saturated rings. The average Bonchev–Trinajstić information content (AvgIpc) is 4.17. The number of ether oxygens (including phenoxy) is 7. The van der Waals surface area contributed by atoms with Crippen LogP contribution in [0.2, 0.25) is 20.1 Å². The number of phenolic OH excluding ortho intramolecular Hbond substituents is 1. The number of hydrogen-bond donors (Lipinski definition) is 1.